The third-order valence-corrected chi connectivity index (χ3v) is 7.98. The lowest BCUT2D eigenvalue weighted by atomic mass is 10.1. The number of benzene rings is 2. The van der Waals surface area contributed by atoms with Crippen LogP contribution in [-0.2, 0) is 34.1 Å². The molecular weight excluding hydrogens is 627 g/mol. The van der Waals surface area contributed by atoms with Gasteiger partial charge in [-0.15, -0.1) is 0 Å². The van der Waals surface area contributed by atoms with Crippen LogP contribution >= 0.6 is 0 Å². The Bertz CT molecular complexity index is 1680. The largest absolute Gasteiger partial charge is 0.451 e. The highest BCUT2D eigenvalue weighted by atomic mass is 32.2. The van der Waals surface area contributed by atoms with Crippen LogP contribution in [0.2, 0.25) is 0 Å². The fourth-order valence-electron chi connectivity index (χ4n) is 4.86. The zero-order valence-electron chi connectivity index (χ0n) is 24.5. The number of urea groups is 1. The first-order chi connectivity index (χ1) is 21.8. The second-order valence-corrected chi connectivity index (χ2v) is 12.2. The van der Waals surface area contributed by atoms with Crippen LogP contribution in [-0.4, -0.2) is 66.3 Å². The van der Waals surface area contributed by atoms with Gasteiger partial charge in [-0.2, -0.15) is 26.9 Å². The maximum atomic E-state index is 13.9. The third-order valence-electron chi connectivity index (χ3n) is 7.18. The summed E-state index contributed by atoms with van der Waals surface area (Å²) in [6.07, 6.45) is -3.25. The van der Waals surface area contributed by atoms with Crippen molar-refractivity contribution in [1.29, 1.82) is 5.26 Å². The van der Waals surface area contributed by atoms with Crippen molar-refractivity contribution in [2.24, 2.45) is 0 Å². The summed E-state index contributed by atoms with van der Waals surface area (Å²) in [7, 11) is -4.11. The predicted octanol–water partition coefficient (Wildman–Crippen LogP) is 3.44. The molecule has 1 aliphatic rings. The maximum absolute atomic E-state index is 13.9. The first-order valence-corrected chi connectivity index (χ1v) is 16.0. The number of carbonyl (C=O) groups excluding carboxylic acids is 2. The minimum absolute atomic E-state index is 0.0142. The van der Waals surface area contributed by atoms with E-state index in [2.05, 4.69) is 25.9 Å². The highest BCUT2D eigenvalue weighted by Gasteiger charge is 2.38. The van der Waals surface area contributed by atoms with Gasteiger partial charge in [0.2, 0.25) is 11.7 Å². The molecule has 2 heterocycles. The molecule has 1 fully saturated rings. The lowest BCUT2D eigenvalue weighted by molar-refractivity contribution is -0.144. The predicted molar refractivity (Wildman–Crippen MR) is 162 cm³/mol. The molecular formula is C30H32F3N7O5S. The summed E-state index contributed by atoms with van der Waals surface area (Å²) in [4.78, 5) is 34.1. The number of aromatic nitrogens is 2. The highest BCUT2D eigenvalue weighted by molar-refractivity contribution is 7.85. The van der Waals surface area contributed by atoms with Gasteiger partial charge in [-0.1, -0.05) is 36.4 Å². The van der Waals surface area contributed by atoms with Crippen LogP contribution < -0.4 is 20.9 Å². The number of hydrogen-bond donors (Lipinski definition) is 4. The molecule has 1 atom stereocenters. The molecule has 3 amide bonds. The Labute approximate surface area is 263 Å². The smallest absolute Gasteiger partial charge is 0.354 e. The van der Waals surface area contributed by atoms with E-state index in [-0.39, 0.29) is 36.9 Å². The average Bonchev–Trinajstić information content (AvgIpc) is 3.52. The number of carbonyl (C=O) groups is 2. The van der Waals surface area contributed by atoms with Crippen LogP contribution in [0.3, 0.4) is 0 Å². The van der Waals surface area contributed by atoms with E-state index in [1.54, 1.807) is 53.4 Å². The molecule has 3 aromatic rings. The quantitative estimate of drug-likeness (QED) is 0.168. The van der Waals surface area contributed by atoms with E-state index < -0.39 is 39.9 Å². The first kappa shape index (κ1) is 34.1. The van der Waals surface area contributed by atoms with Crippen LogP contribution in [0.25, 0.3) is 11.3 Å². The molecule has 0 aliphatic carbocycles. The van der Waals surface area contributed by atoms with E-state index in [0.717, 1.165) is 5.56 Å². The van der Waals surface area contributed by atoms with E-state index in [1.807, 2.05) is 6.07 Å². The summed E-state index contributed by atoms with van der Waals surface area (Å²) in [5.41, 5.74) is 2.48. The lowest BCUT2D eigenvalue weighted by Crippen LogP contribution is -2.44. The number of anilines is 1. The Balaban J connectivity index is 1.41. The molecule has 4 rings (SSSR count). The molecule has 46 heavy (non-hydrogen) atoms. The van der Waals surface area contributed by atoms with Gasteiger partial charge in [0.1, 0.15) is 11.9 Å². The van der Waals surface area contributed by atoms with Crippen LogP contribution in [0.15, 0.2) is 54.6 Å². The van der Waals surface area contributed by atoms with Crippen molar-refractivity contribution in [3.05, 3.63) is 77.1 Å². The SMILES string of the molecule is N#Cc1ccc(CCNC(=O)[C@@H]2CCCN2c2cc(-c3ccc(CNC(=O)NCCCS(=O)(=O)O)cc3)nc(C(F)(F)F)n2)cc1. The van der Waals surface area contributed by atoms with Crippen LogP contribution in [0.5, 0.6) is 0 Å². The minimum Gasteiger partial charge on any atom is -0.354 e. The molecule has 12 nitrogen and oxygen atoms in total. The van der Waals surface area contributed by atoms with E-state index in [9.17, 15) is 31.2 Å². The Morgan fingerprint density at radius 1 is 1.00 bits per heavy atom. The maximum Gasteiger partial charge on any atom is 0.451 e. The Hall–Kier alpha value is -4.75. The first-order valence-electron chi connectivity index (χ1n) is 14.4. The van der Waals surface area contributed by atoms with Gasteiger partial charge < -0.3 is 20.9 Å². The Kier molecular flexibility index (Phi) is 11.1. The van der Waals surface area contributed by atoms with Gasteiger partial charge >= 0.3 is 12.2 Å². The standard InChI is InChI=1S/C30H32F3N7O5S/c31-30(32,33)28-38-24(23-10-8-22(9-11-23)19-37-29(42)36-13-2-16-46(43,44)45)17-26(39-28)40-15-1-3-25(40)27(41)35-14-12-20-4-6-21(18-34)7-5-20/h4-11,17,25H,1-3,12-16,19H2,(H,35,41)(H2,36,37,42)(H,43,44,45)/t25-/m0/s1. The van der Waals surface area contributed by atoms with Gasteiger partial charge in [0.15, 0.2) is 0 Å². The number of nitriles is 1. The molecule has 1 aliphatic heterocycles. The number of nitrogens with zero attached hydrogens (tertiary/aromatic N) is 4. The molecule has 0 radical (unpaired) electrons. The summed E-state index contributed by atoms with van der Waals surface area (Å²) in [6.45, 7) is 0.766. The molecule has 1 saturated heterocycles. The third kappa shape index (κ3) is 9.88. The molecule has 16 heteroatoms. The summed E-state index contributed by atoms with van der Waals surface area (Å²) in [6, 6.07) is 15.5. The molecule has 0 unspecified atom stereocenters. The molecule has 244 valence electrons. The second-order valence-electron chi connectivity index (χ2n) is 10.6. The molecule has 4 N–H and O–H groups in total. The van der Waals surface area contributed by atoms with E-state index in [1.165, 1.54) is 6.07 Å². The normalized spacial score (nSPS) is 14.8. The Morgan fingerprint density at radius 2 is 1.70 bits per heavy atom. The average molecular weight is 660 g/mol. The summed E-state index contributed by atoms with van der Waals surface area (Å²) in [5, 5.41) is 16.8. The molecule has 0 spiro atoms. The summed E-state index contributed by atoms with van der Waals surface area (Å²) < 4.78 is 71.8. The van der Waals surface area contributed by atoms with Gasteiger partial charge in [-0.25, -0.2) is 14.8 Å². The van der Waals surface area contributed by atoms with Crippen LogP contribution in [0.1, 0.15) is 41.8 Å². The van der Waals surface area contributed by atoms with Gasteiger partial charge in [0.25, 0.3) is 10.1 Å². The van der Waals surface area contributed by atoms with Crippen molar-refractivity contribution in [2.75, 3.05) is 30.3 Å². The zero-order chi connectivity index (χ0) is 33.3. The molecule has 0 bridgehead atoms. The number of amides is 3. The van der Waals surface area contributed by atoms with Gasteiger partial charge in [-0.3, -0.25) is 9.35 Å². The van der Waals surface area contributed by atoms with Crippen molar-refractivity contribution in [3.8, 4) is 17.3 Å². The zero-order valence-corrected chi connectivity index (χ0v) is 25.4. The number of nitrogens with one attached hydrogen (secondary N) is 3. The van der Waals surface area contributed by atoms with Crippen molar-refractivity contribution >= 4 is 27.9 Å². The van der Waals surface area contributed by atoms with Crippen molar-refractivity contribution in [2.45, 2.75) is 44.4 Å². The van der Waals surface area contributed by atoms with Crippen molar-refractivity contribution < 1.29 is 35.7 Å². The fourth-order valence-corrected chi connectivity index (χ4v) is 5.37. The Morgan fingerprint density at radius 3 is 2.35 bits per heavy atom. The topological polar surface area (TPSA) is 177 Å². The molecule has 1 aromatic heterocycles. The fraction of sp³-hybridized carbons (Fsp3) is 0.367. The van der Waals surface area contributed by atoms with Crippen LogP contribution in [0.4, 0.5) is 23.8 Å². The molecule has 0 saturated carbocycles. The number of rotatable bonds is 12. The minimum atomic E-state index is -4.83. The van der Waals surface area contributed by atoms with E-state index in [4.69, 9.17) is 9.81 Å². The summed E-state index contributed by atoms with van der Waals surface area (Å²) in [5.74, 6) is -2.15. The number of hydrogen-bond acceptors (Lipinski definition) is 8. The van der Waals surface area contributed by atoms with Crippen molar-refractivity contribution in [3.63, 3.8) is 0 Å². The van der Waals surface area contributed by atoms with Gasteiger partial charge in [-0.05, 0) is 48.9 Å². The second kappa shape index (κ2) is 15.0. The number of halogens is 3. The van der Waals surface area contributed by atoms with Gasteiger partial charge in [0.05, 0.1) is 23.1 Å². The van der Waals surface area contributed by atoms with Gasteiger partial charge in [0, 0.05) is 37.8 Å². The van der Waals surface area contributed by atoms with E-state index in [0.29, 0.717) is 49.0 Å². The van der Waals surface area contributed by atoms with E-state index >= 15 is 0 Å². The monoisotopic (exact) mass is 659 g/mol. The number of alkyl halides is 3. The lowest BCUT2D eigenvalue weighted by Gasteiger charge is -2.26. The van der Waals surface area contributed by atoms with Crippen LogP contribution in [0, 0.1) is 11.3 Å². The summed E-state index contributed by atoms with van der Waals surface area (Å²) >= 11 is 0. The molecule has 2 aromatic carbocycles. The highest BCUT2D eigenvalue weighted by Crippen LogP contribution is 2.33. The van der Waals surface area contributed by atoms with Crippen molar-refractivity contribution in [1.82, 2.24) is 25.9 Å².